The summed E-state index contributed by atoms with van der Waals surface area (Å²) in [5.74, 6) is 0.653. The summed E-state index contributed by atoms with van der Waals surface area (Å²) in [7, 11) is 0. The van der Waals surface area contributed by atoms with Crippen molar-refractivity contribution < 1.29 is 4.74 Å². The minimum atomic E-state index is 0.653. The third-order valence-electron chi connectivity index (χ3n) is 1.86. The Labute approximate surface area is 76.8 Å². The molecule has 1 radical (unpaired) electrons. The molecule has 0 bridgehead atoms. The summed E-state index contributed by atoms with van der Waals surface area (Å²) in [5, 5.41) is 0. The molecule has 0 amide bonds. The van der Waals surface area contributed by atoms with Gasteiger partial charge in [-0.2, -0.15) is 0 Å². The normalized spacial score (nSPS) is 12.8. The van der Waals surface area contributed by atoms with E-state index in [0.29, 0.717) is 5.92 Å². The summed E-state index contributed by atoms with van der Waals surface area (Å²) in [6, 6.07) is 0. The van der Waals surface area contributed by atoms with Crippen molar-refractivity contribution in [1.82, 2.24) is 0 Å². The second-order valence-corrected chi connectivity index (χ2v) is 3.15. The van der Waals surface area contributed by atoms with Crippen LogP contribution in [0.25, 0.3) is 0 Å². The highest BCUT2D eigenvalue weighted by atomic mass is 16.5. The largest absolute Gasteiger partial charge is 0.376 e. The van der Waals surface area contributed by atoms with Crippen LogP contribution >= 0.6 is 0 Å². The lowest BCUT2D eigenvalue weighted by Gasteiger charge is -2.05. The van der Waals surface area contributed by atoms with Crippen LogP contribution in [-0.2, 0) is 4.74 Å². The molecule has 12 heavy (non-hydrogen) atoms. The van der Waals surface area contributed by atoms with Gasteiger partial charge in [-0.05, 0) is 25.2 Å². The number of rotatable bonds is 8. The predicted molar refractivity (Wildman–Crippen MR) is 53.8 cm³/mol. The van der Waals surface area contributed by atoms with Gasteiger partial charge in [0.2, 0.25) is 0 Å². The zero-order valence-electron chi connectivity index (χ0n) is 8.38. The molecule has 0 aliphatic carbocycles. The molecule has 0 aliphatic heterocycles. The Kier molecular flexibility index (Phi) is 8.57. The Morgan fingerprint density at radius 1 is 1.42 bits per heavy atom. The minimum absolute atomic E-state index is 0.653. The van der Waals surface area contributed by atoms with Crippen molar-refractivity contribution in [2.75, 3.05) is 6.61 Å². The molecule has 0 saturated heterocycles. The van der Waals surface area contributed by atoms with Gasteiger partial charge in [-0.3, -0.25) is 0 Å². The molecule has 1 unspecified atom stereocenters. The Morgan fingerprint density at radius 3 is 2.75 bits per heavy atom. The first-order valence-corrected chi connectivity index (χ1v) is 4.87. The molecule has 0 aromatic carbocycles. The fourth-order valence-electron chi connectivity index (χ4n) is 0.971. The van der Waals surface area contributed by atoms with Crippen LogP contribution in [0.15, 0.2) is 12.7 Å². The smallest absolute Gasteiger partial charge is 0.0833 e. The average molecular weight is 169 g/mol. The van der Waals surface area contributed by atoms with Gasteiger partial charge >= 0.3 is 0 Å². The summed E-state index contributed by atoms with van der Waals surface area (Å²) in [4.78, 5) is 0. The van der Waals surface area contributed by atoms with Crippen LogP contribution in [0.1, 0.15) is 39.5 Å². The molecule has 0 fully saturated rings. The zero-order chi connectivity index (χ0) is 9.23. The number of unbranched alkanes of at least 4 members (excludes halogenated alkanes) is 1. The van der Waals surface area contributed by atoms with Crippen molar-refractivity contribution in [3.63, 3.8) is 0 Å². The average Bonchev–Trinajstić information content (AvgIpc) is 2.10. The lowest BCUT2D eigenvalue weighted by Crippen LogP contribution is -1.94. The molecule has 71 valence electrons. The quantitative estimate of drug-likeness (QED) is 0.399. The molecule has 1 nitrogen and oxygen atoms in total. The SMILES string of the molecule is C=CC(C)CCCCO[CH]CC. The number of hydrogen-bond acceptors (Lipinski definition) is 1. The van der Waals surface area contributed by atoms with E-state index < -0.39 is 0 Å². The lowest BCUT2D eigenvalue weighted by molar-refractivity contribution is 0.187. The first kappa shape index (κ1) is 11.7. The van der Waals surface area contributed by atoms with Crippen molar-refractivity contribution in [3.8, 4) is 0 Å². The Bertz CT molecular complexity index is 99.2. The van der Waals surface area contributed by atoms with Crippen LogP contribution in [0.2, 0.25) is 0 Å². The molecule has 0 rings (SSSR count). The number of ether oxygens (including phenoxy) is 1. The van der Waals surface area contributed by atoms with Crippen LogP contribution in [0.5, 0.6) is 0 Å². The van der Waals surface area contributed by atoms with E-state index in [-0.39, 0.29) is 0 Å². The highest BCUT2D eigenvalue weighted by molar-refractivity contribution is 4.74. The molecule has 0 aliphatic rings. The fraction of sp³-hybridized carbons (Fsp3) is 0.727. The van der Waals surface area contributed by atoms with Gasteiger partial charge in [0.15, 0.2) is 0 Å². The van der Waals surface area contributed by atoms with E-state index in [9.17, 15) is 0 Å². The van der Waals surface area contributed by atoms with Crippen molar-refractivity contribution in [2.24, 2.45) is 5.92 Å². The summed E-state index contributed by atoms with van der Waals surface area (Å²) in [5.41, 5.74) is 0. The summed E-state index contributed by atoms with van der Waals surface area (Å²) in [6.45, 7) is 10.8. The van der Waals surface area contributed by atoms with E-state index in [2.05, 4.69) is 20.4 Å². The van der Waals surface area contributed by atoms with Gasteiger partial charge in [0, 0.05) is 6.61 Å². The highest BCUT2D eigenvalue weighted by Crippen LogP contribution is 2.08. The number of allylic oxidation sites excluding steroid dienone is 1. The third kappa shape index (κ3) is 7.80. The van der Waals surface area contributed by atoms with Gasteiger partial charge < -0.3 is 4.74 Å². The van der Waals surface area contributed by atoms with Gasteiger partial charge in [-0.1, -0.05) is 26.3 Å². The molecule has 0 saturated carbocycles. The second-order valence-electron chi connectivity index (χ2n) is 3.15. The minimum Gasteiger partial charge on any atom is -0.376 e. The van der Waals surface area contributed by atoms with E-state index in [4.69, 9.17) is 4.74 Å². The van der Waals surface area contributed by atoms with Gasteiger partial charge in [0.05, 0.1) is 6.61 Å². The molecule has 0 aromatic heterocycles. The summed E-state index contributed by atoms with van der Waals surface area (Å²) < 4.78 is 5.25. The second kappa shape index (κ2) is 8.79. The highest BCUT2D eigenvalue weighted by Gasteiger charge is 1.95. The van der Waals surface area contributed by atoms with Crippen LogP contribution in [-0.4, -0.2) is 6.61 Å². The summed E-state index contributed by atoms with van der Waals surface area (Å²) in [6.07, 6.45) is 6.65. The third-order valence-corrected chi connectivity index (χ3v) is 1.86. The van der Waals surface area contributed by atoms with Crippen LogP contribution < -0.4 is 0 Å². The monoisotopic (exact) mass is 169 g/mol. The standard InChI is InChI=1S/C11H21O/c1-4-9-12-10-7-6-8-11(3)5-2/h5,9,11H,2,4,6-8,10H2,1,3H3. The Morgan fingerprint density at radius 2 is 2.17 bits per heavy atom. The molecule has 0 heterocycles. The molecular weight excluding hydrogens is 148 g/mol. The topological polar surface area (TPSA) is 9.23 Å². The van der Waals surface area contributed by atoms with Crippen molar-refractivity contribution in [3.05, 3.63) is 19.3 Å². The number of hydrogen-bond donors (Lipinski definition) is 0. The van der Waals surface area contributed by atoms with E-state index in [1.165, 1.54) is 12.8 Å². The molecule has 0 aromatic rings. The molecule has 1 heteroatoms. The van der Waals surface area contributed by atoms with Crippen LogP contribution in [0.3, 0.4) is 0 Å². The van der Waals surface area contributed by atoms with Gasteiger partial charge in [0.25, 0.3) is 0 Å². The molecular formula is C11H21O. The first-order chi connectivity index (χ1) is 5.81. The van der Waals surface area contributed by atoms with Gasteiger partial charge in [0.1, 0.15) is 0 Å². The maximum absolute atomic E-state index is 5.25. The first-order valence-electron chi connectivity index (χ1n) is 4.87. The van der Waals surface area contributed by atoms with Crippen molar-refractivity contribution in [1.29, 1.82) is 0 Å². The molecule has 1 atom stereocenters. The zero-order valence-corrected chi connectivity index (χ0v) is 8.38. The maximum atomic E-state index is 5.25. The summed E-state index contributed by atoms with van der Waals surface area (Å²) >= 11 is 0. The lowest BCUT2D eigenvalue weighted by atomic mass is 10.1. The molecule has 0 spiro atoms. The Hall–Kier alpha value is -0.300. The van der Waals surface area contributed by atoms with E-state index in [0.717, 1.165) is 19.4 Å². The Balaban J connectivity index is 2.95. The maximum Gasteiger partial charge on any atom is 0.0833 e. The van der Waals surface area contributed by atoms with Crippen LogP contribution in [0, 0.1) is 12.5 Å². The van der Waals surface area contributed by atoms with E-state index in [1.807, 2.05) is 12.7 Å². The van der Waals surface area contributed by atoms with Gasteiger partial charge in [-0.25, -0.2) is 0 Å². The van der Waals surface area contributed by atoms with Crippen molar-refractivity contribution in [2.45, 2.75) is 39.5 Å². The van der Waals surface area contributed by atoms with Crippen molar-refractivity contribution >= 4 is 0 Å². The fourth-order valence-corrected chi connectivity index (χ4v) is 0.971. The molecule has 0 N–H and O–H groups in total. The van der Waals surface area contributed by atoms with Gasteiger partial charge in [-0.15, -0.1) is 6.58 Å². The van der Waals surface area contributed by atoms with E-state index in [1.54, 1.807) is 0 Å². The van der Waals surface area contributed by atoms with E-state index >= 15 is 0 Å². The predicted octanol–water partition coefficient (Wildman–Crippen LogP) is 3.57. The van der Waals surface area contributed by atoms with Crippen LogP contribution in [0.4, 0.5) is 0 Å².